The third kappa shape index (κ3) is 3.46. The van der Waals surface area contributed by atoms with E-state index < -0.39 is 11.6 Å². The van der Waals surface area contributed by atoms with Crippen LogP contribution in [0.2, 0.25) is 0 Å². The van der Waals surface area contributed by atoms with Crippen LogP contribution in [0.3, 0.4) is 0 Å². The van der Waals surface area contributed by atoms with Crippen LogP contribution in [0.1, 0.15) is 31.1 Å². The quantitative estimate of drug-likeness (QED) is 0.876. The van der Waals surface area contributed by atoms with Crippen molar-refractivity contribution in [3.63, 3.8) is 0 Å². The Labute approximate surface area is 115 Å². The third-order valence-corrected chi connectivity index (χ3v) is 3.57. The molecule has 0 spiro atoms. The lowest BCUT2D eigenvalue weighted by molar-refractivity contribution is -0.0271. The maximum Gasteiger partial charge on any atom is 0.339 e. The average Bonchev–Trinajstić information content (AvgIpc) is 2.26. The van der Waals surface area contributed by atoms with E-state index in [-0.39, 0.29) is 23.8 Å². The monoisotopic (exact) mass is 316 g/mol. The van der Waals surface area contributed by atoms with Crippen molar-refractivity contribution in [3.8, 4) is 5.75 Å². The van der Waals surface area contributed by atoms with Crippen LogP contribution in [0.5, 0.6) is 5.75 Å². The van der Waals surface area contributed by atoms with Gasteiger partial charge in [-0.05, 0) is 40.9 Å². The Balaban J connectivity index is 2.95. The largest absolute Gasteiger partial charge is 0.488 e. The van der Waals surface area contributed by atoms with Crippen molar-refractivity contribution >= 4 is 21.9 Å². The first-order valence-corrected chi connectivity index (χ1v) is 6.42. The summed E-state index contributed by atoms with van der Waals surface area (Å²) in [4.78, 5) is 11.1. The summed E-state index contributed by atoms with van der Waals surface area (Å²) in [5.41, 5.74) is -0.936. The summed E-state index contributed by atoms with van der Waals surface area (Å²) in [5.74, 6) is -0.810. The Bertz CT molecular complexity index is 441. The minimum absolute atomic E-state index is 0.00765. The Kier molecular flexibility index (Phi) is 4.76. The lowest BCUT2D eigenvalue weighted by atomic mass is 9.94. The SMILES string of the molecule is CC(C)C(C)(O)COc1c(Br)cccc1C(=O)O. The van der Waals surface area contributed by atoms with E-state index in [1.807, 2.05) is 13.8 Å². The summed E-state index contributed by atoms with van der Waals surface area (Å²) < 4.78 is 6.03. The first-order chi connectivity index (χ1) is 8.25. The number of hydrogen-bond donors (Lipinski definition) is 2. The molecule has 1 atom stereocenters. The van der Waals surface area contributed by atoms with Gasteiger partial charge in [0, 0.05) is 0 Å². The van der Waals surface area contributed by atoms with Crippen LogP contribution in [0, 0.1) is 5.92 Å². The predicted molar refractivity (Wildman–Crippen MR) is 72.1 cm³/mol. The van der Waals surface area contributed by atoms with Crippen molar-refractivity contribution in [3.05, 3.63) is 28.2 Å². The van der Waals surface area contributed by atoms with Gasteiger partial charge < -0.3 is 14.9 Å². The molecule has 1 aromatic carbocycles. The number of carboxylic acid groups (broad SMARTS) is 1. The highest BCUT2D eigenvalue weighted by atomic mass is 79.9. The van der Waals surface area contributed by atoms with Crippen molar-refractivity contribution in [2.75, 3.05) is 6.61 Å². The molecule has 18 heavy (non-hydrogen) atoms. The molecule has 2 N–H and O–H groups in total. The summed E-state index contributed by atoms with van der Waals surface area (Å²) in [5, 5.41) is 19.2. The zero-order valence-electron chi connectivity index (χ0n) is 10.6. The molecule has 0 amide bonds. The normalized spacial score (nSPS) is 14.3. The first-order valence-electron chi connectivity index (χ1n) is 5.62. The summed E-state index contributed by atoms with van der Waals surface area (Å²) >= 11 is 3.25. The summed E-state index contributed by atoms with van der Waals surface area (Å²) in [6.45, 7) is 5.45. The number of rotatable bonds is 5. The lowest BCUT2D eigenvalue weighted by Crippen LogP contribution is -2.38. The molecule has 0 aliphatic heterocycles. The van der Waals surface area contributed by atoms with Gasteiger partial charge in [-0.1, -0.05) is 19.9 Å². The molecule has 4 nitrogen and oxygen atoms in total. The van der Waals surface area contributed by atoms with Gasteiger partial charge in [0.15, 0.2) is 0 Å². The Morgan fingerprint density at radius 2 is 2.11 bits per heavy atom. The van der Waals surface area contributed by atoms with Crippen LogP contribution < -0.4 is 4.74 Å². The number of aliphatic hydroxyl groups is 1. The van der Waals surface area contributed by atoms with Gasteiger partial charge in [-0.15, -0.1) is 0 Å². The van der Waals surface area contributed by atoms with Gasteiger partial charge >= 0.3 is 5.97 Å². The number of carbonyl (C=O) groups is 1. The van der Waals surface area contributed by atoms with E-state index in [2.05, 4.69) is 15.9 Å². The van der Waals surface area contributed by atoms with E-state index in [4.69, 9.17) is 9.84 Å². The molecule has 1 unspecified atom stereocenters. The Hall–Kier alpha value is -1.07. The molecule has 0 radical (unpaired) electrons. The standard InChI is InChI=1S/C13H17BrO4/c1-8(2)13(3,17)7-18-11-9(12(15)16)5-4-6-10(11)14/h4-6,8,17H,7H2,1-3H3,(H,15,16). The molecule has 1 aromatic rings. The number of carboxylic acids is 1. The molecule has 0 heterocycles. The number of hydrogen-bond acceptors (Lipinski definition) is 3. The van der Waals surface area contributed by atoms with Crippen molar-refractivity contribution in [2.24, 2.45) is 5.92 Å². The van der Waals surface area contributed by atoms with Gasteiger partial charge in [0.25, 0.3) is 0 Å². The number of ether oxygens (including phenoxy) is 1. The molecule has 5 heteroatoms. The molecule has 0 saturated heterocycles. The lowest BCUT2D eigenvalue weighted by Gasteiger charge is -2.28. The van der Waals surface area contributed by atoms with Gasteiger partial charge in [0.1, 0.15) is 17.9 Å². The van der Waals surface area contributed by atoms with Gasteiger partial charge in [-0.25, -0.2) is 4.79 Å². The topological polar surface area (TPSA) is 66.8 Å². The van der Waals surface area contributed by atoms with Crippen LogP contribution in [-0.4, -0.2) is 28.4 Å². The van der Waals surface area contributed by atoms with E-state index in [0.29, 0.717) is 4.47 Å². The van der Waals surface area contributed by atoms with Crippen molar-refractivity contribution in [1.29, 1.82) is 0 Å². The zero-order valence-corrected chi connectivity index (χ0v) is 12.2. The van der Waals surface area contributed by atoms with E-state index >= 15 is 0 Å². The number of aromatic carboxylic acids is 1. The predicted octanol–water partition coefficient (Wildman–Crippen LogP) is 2.93. The van der Waals surface area contributed by atoms with Crippen molar-refractivity contribution < 1.29 is 19.7 Å². The second-order valence-electron chi connectivity index (χ2n) is 4.72. The maximum absolute atomic E-state index is 11.1. The fourth-order valence-corrected chi connectivity index (χ4v) is 1.69. The molecule has 1 rings (SSSR count). The third-order valence-electron chi connectivity index (χ3n) is 2.95. The highest BCUT2D eigenvalue weighted by molar-refractivity contribution is 9.10. The second kappa shape index (κ2) is 5.71. The van der Waals surface area contributed by atoms with Crippen LogP contribution >= 0.6 is 15.9 Å². The van der Waals surface area contributed by atoms with Gasteiger partial charge in [-0.2, -0.15) is 0 Å². The molecular formula is C13H17BrO4. The minimum Gasteiger partial charge on any atom is -0.488 e. The average molecular weight is 317 g/mol. The number of benzene rings is 1. The Morgan fingerprint density at radius 3 is 2.61 bits per heavy atom. The molecule has 0 aliphatic carbocycles. The number of halogens is 1. The summed E-state index contributed by atoms with van der Waals surface area (Å²) in [6.07, 6.45) is 0. The molecule has 0 fully saturated rings. The molecular weight excluding hydrogens is 300 g/mol. The van der Waals surface area contributed by atoms with Crippen LogP contribution in [-0.2, 0) is 0 Å². The van der Waals surface area contributed by atoms with Crippen LogP contribution in [0.15, 0.2) is 22.7 Å². The number of para-hydroxylation sites is 1. The first kappa shape index (κ1) is 15.0. The van der Waals surface area contributed by atoms with Crippen LogP contribution in [0.4, 0.5) is 0 Å². The molecule has 0 saturated carbocycles. The molecule has 0 aliphatic rings. The van der Waals surface area contributed by atoms with E-state index in [1.54, 1.807) is 19.1 Å². The van der Waals surface area contributed by atoms with Gasteiger partial charge in [-0.3, -0.25) is 0 Å². The van der Waals surface area contributed by atoms with Gasteiger partial charge in [0.05, 0.1) is 10.1 Å². The van der Waals surface area contributed by atoms with Crippen molar-refractivity contribution in [2.45, 2.75) is 26.4 Å². The molecule has 100 valence electrons. The maximum atomic E-state index is 11.1. The highest BCUT2D eigenvalue weighted by Crippen LogP contribution is 2.30. The van der Waals surface area contributed by atoms with E-state index in [1.165, 1.54) is 6.07 Å². The second-order valence-corrected chi connectivity index (χ2v) is 5.58. The summed E-state index contributed by atoms with van der Waals surface area (Å²) in [7, 11) is 0. The minimum atomic E-state index is -1.06. The zero-order chi connectivity index (χ0) is 13.9. The van der Waals surface area contributed by atoms with Crippen LogP contribution in [0.25, 0.3) is 0 Å². The highest BCUT2D eigenvalue weighted by Gasteiger charge is 2.27. The molecule has 0 aromatic heterocycles. The summed E-state index contributed by atoms with van der Waals surface area (Å²) in [6, 6.07) is 4.79. The smallest absolute Gasteiger partial charge is 0.339 e. The van der Waals surface area contributed by atoms with E-state index in [9.17, 15) is 9.90 Å². The van der Waals surface area contributed by atoms with Crippen molar-refractivity contribution in [1.82, 2.24) is 0 Å². The fourth-order valence-electron chi connectivity index (χ4n) is 1.21. The Morgan fingerprint density at radius 1 is 1.50 bits per heavy atom. The van der Waals surface area contributed by atoms with E-state index in [0.717, 1.165) is 0 Å². The van der Waals surface area contributed by atoms with Gasteiger partial charge in [0.2, 0.25) is 0 Å². The molecule has 0 bridgehead atoms. The fraction of sp³-hybridized carbons (Fsp3) is 0.462.